The van der Waals surface area contributed by atoms with Gasteiger partial charge in [-0.3, -0.25) is 4.79 Å². The highest BCUT2D eigenvalue weighted by atomic mass is 79.9. The normalized spacial score (nSPS) is 24.4. The largest absolute Gasteiger partial charge is 0.379 e. The number of nitrogens with one attached hydrogen (secondary N) is 1. The number of halogens is 1. The first-order valence-corrected chi connectivity index (χ1v) is 6.04. The van der Waals surface area contributed by atoms with Gasteiger partial charge in [-0.05, 0) is 37.6 Å². The van der Waals surface area contributed by atoms with Crippen LogP contribution in [0.15, 0.2) is 28.7 Å². The molecule has 0 bridgehead atoms. The van der Waals surface area contributed by atoms with Gasteiger partial charge in [0.15, 0.2) is 0 Å². The van der Waals surface area contributed by atoms with Crippen molar-refractivity contribution in [2.24, 2.45) is 0 Å². The molecule has 3 nitrogen and oxygen atoms in total. The van der Waals surface area contributed by atoms with Crippen molar-refractivity contribution in [1.82, 2.24) is 5.32 Å². The van der Waals surface area contributed by atoms with Gasteiger partial charge in [-0.15, -0.1) is 0 Å². The summed E-state index contributed by atoms with van der Waals surface area (Å²) in [4.78, 5) is 11.9. The van der Waals surface area contributed by atoms with Crippen molar-refractivity contribution in [1.29, 1.82) is 0 Å². The molecule has 0 aromatic heterocycles. The maximum Gasteiger partial charge on any atom is 0.251 e. The third kappa shape index (κ3) is 2.62. The van der Waals surface area contributed by atoms with E-state index in [9.17, 15) is 4.79 Å². The molecule has 1 saturated heterocycles. The molecule has 0 spiro atoms. The monoisotopic (exact) mass is 283 g/mol. The maximum absolute atomic E-state index is 11.9. The minimum absolute atomic E-state index is 0.0412. The smallest absolute Gasteiger partial charge is 0.251 e. The van der Waals surface area contributed by atoms with E-state index in [2.05, 4.69) is 21.2 Å². The van der Waals surface area contributed by atoms with Gasteiger partial charge in [0.25, 0.3) is 5.91 Å². The fourth-order valence-electron chi connectivity index (χ4n) is 1.71. The van der Waals surface area contributed by atoms with Crippen LogP contribution in [0.2, 0.25) is 0 Å². The van der Waals surface area contributed by atoms with Gasteiger partial charge in [0.1, 0.15) is 0 Å². The van der Waals surface area contributed by atoms with Gasteiger partial charge in [-0.2, -0.15) is 0 Å². The molecule has 1 atom stereocenters. The Morgan fingerprint density at radius 3 is 2.69 bits per heavy atom. The Morgan fingerprint density at radius 2 is 2.12 bits per heavy atom. The molecule has 1 unspecified atom stereocenters. The van der Waals surface area contributed by atoms with Crippen molar-refractivity contribution < 1.29 is 9.53 Å². The third-order valence-corrected chi connectivity index (χ3v) is 3.27. The summed E-state index contributed by atoms with van der Waals surface area (Å²) in [5.74, 6) is -0.0412. The fourth-order valence-corrected chi connectivity index (χ4v) is 1.98. The van der Waals surface area contributed by atoms with E-state index in [0.29, 0.717) is 12.2 Å². The maximum atomic E-state index is 11.9. The average molecular weight is 284 g/mol. The topological polar surface area (TPSA) is 38.3 Å². The molecule has 1 amide bonds. The van der Waals surface area contributed by atoms with Crippen LogP contribution in [0.25, 0.3) is 0 Å². The van der Waals surface area contributed by atoms with Gasteiger partial charge in [-0.25, -0.2) is 0 Å². The van der Waals surface area contributed by atoms with Crippen LogP contribution in [0.3, 0.4) is 0 Å². The van der Waals surface area contributed by atoms with Crippen LogP contribution in [0, 0.1) is 0 Å². The third-order valence-electron chi connectivity index (χ3n) is 2.74. The number of carbonyl (C=O) groups excluding carboxylic acids is 1. The highest BCUT2D eigenvalue weighted by Crippen LogP contribution is 2.18. The summed E-state index contributed by atoms with van der Waals surface area (Å²) in [5, 5.41) is 3.01. The van der Waals surface area contributed by atoms with E-state index < -0.39 is 0 Å². The second kappa shape index (κ2) is 4.55. The molecule has 1 heterocycles. The minimum Gasteiger partial charge on any atom is -0.379 e. The van der Waals surface area contributed by atoms with Gasteiger partial charge in [0.2, 0.25) is 0 Å². The van der Waals surface area contributed by atoms with Crippen molar-refractivity contribution in [2.45, 2.75) is 18.9 Å². The molecule has 4 heteroatoms. The lowest BCUT2D eigenvalue weighted by Gasteiger charge is -2.23. The van der Waals surface area contributed by atoms with Crippen molar-refractivity contribution in [3.05, 3.63) is 34.3 Å². The Hall–Kier alpha value is -0.870. The van der Waals surface area contributed by atoms with Crippen molar-refractivity contribution in [3.63, 3.8) is 0 Å². The van der Waals surface area contributed by atoms with Crippen LogP contribution >= 0.6 is 15.9 Å². The number of ether oxygens (including phenoxy) is 1. The minimum atomic E-state index is -0.218. The Kier molecular flexibility index (Phi) is 3.30. The number of amides is 1. The molecule has 1 aromatic carbocycles. The van der Waals surface area contributed by atoms with Crippen molar-refractivity contribution >= 4 is 21.8 Å². The zero-order valence-electron chi connectivity index (χ0n) is 9.13. The molecule has 16 heavy (non-hydrogen) atoms. The fraction of sp³-hybridized carbons (Fsp3) is 0.417. The van der Waals surface area contributed by atoms with Gasteiger partial charge in [0, 0.05) is 16.6 Å². The van der Waals surface area contributed by atoms with E-state index in [0.717, 1.165) is 17.5 Å². The van der Waals surface area contributed by atoms with Crippen molar-refractivity contribution in [3.8, 4) is 0 Å². The van der Waals surface area contributed by atoms with Crippen LogP contribution in [-0.2, 0) is 4.74 Å². The van der Waals surface area contributed by atoms with Gasteiger partial charge in [-0.1, -0.05) is 15.9 Å². The SMILES string of the molecule is CC1(NC(=O)c2ccc(Br)cc2)CCOC1. The molecule has 1 N–H and O–H groups in total. The van der Waals surface area contributed by atoms with E-state index >= 15 is 0 Å². The predicted molar refractivity (Wildman–Crippen MR) is 65.4 cm³/mol. The van der Waals surface area contributed by atoms with Crippen LogP contribution in [0.5, 0.6) is 0 Å². The summed E-state index contributed by atoms with van der Waals surface area (Å²) in [6.07, 6.45) is 0.870. The van der Waals surface area contributed by atoms with Crippen LogP contribution < -0.4 is 5.32 Å². The van der Waals surface area contributed by atoms with E-state index in [1.54, 1.807) is 12.1 Å². The summed E-state index contributed by atoms with van der Waals surface area (Å²) in [6, 6.07) is 7.34. The molecule has 1 fully saturated rings. The number of benzene rings is 1. The molecule has 86 valence electrons. The number of hydrogen-bond acceptors (Lipinski definition) is 2. The summed E-state index contributed by atoms with van der Waals surface area (Å²) in [6.45, 7) is 3.32. The molecule has 1 aliphatic rings. The molecule has 0 saturated carbocycles. The van der Waals surface area contributed by atoms with Crippen LogP contribution in [0.1, 0.15) is 23.7 Å². The Balaban J connectivity index is 2.05. The highest BCUT2D eigenvalue weighted by Gasteiger charge is 2.31. The van der Waals surface area contributed by atoms with Crippen LogP contribution in [0.4, 0.5) is 0 Å². The summed E-state index contributed by atoms with van der Waals surface area (Å²) < 4.78 is 6.27. The van der Waals surface area contributed by atoms with E-state index in [-0.39, 0.29) is 11.4 Å². The lowest BCUT2D eigenvalue weighted by atomic mass is 10.0. The second-order valence-electron chi connectivity index (χ2n) is 4.32. The highest BCUT2D eigenvalue weighted by molar-refractivity contribution is 9.10. The average Bonchev–Trinajstić information content (AvgIpc) is 2.65. The van der Waals surface area contributed by atoms with Crippen molar-refractivity contribution in [2.75, 3.05) is 13.2 Å². The zero-order valence-corrected chi connectivity index (χ0v) is 10.7. The molecule has 1 aromatic rings. The zero-order chi connectivity index (χ0) is 11.6. The lowest BCUT2D eigenvalue weighted by Crippen LogP contribution is -2.46. The standard InChI is InChI=1S/C12H14BrNO2/c1-12(6-7-16-8-12)14-11(15)9-2-4-10(13)5-3-9/h2-5H,6-8H2,1H3,(H,14,15). The first-order chi connectivity index (χ1) is 7.59. The number of rotatable bonds is 2. The Morgan fingerprint density at radius 1 is 1.44 bits per heavy atom. The second-order valence-corrected chi connectivity index (χ2v) is 5.24. The number of carbonyl (C=O) groups is 1. The van der Waals surface area contributed by atoms with Crippen LogP contribution in [-0.4, -0.2) is 24.7 Å². The molecule has 1 aliphatic heterocycles. The Bertz CT molecular complexity index is 383. The van der Waals surface area contributed by atoms with E-state index in [1.807, 2.05) is 19.1 Å². The number of hydrogen-bond donors (Lipinski definition) is 1. The van der Waals surface area contributed by atoms with E-state index in [4.69, 9.17) is 4.74 Å². The Labute approximate surface area is 103 Å². The van der Waals surface area contributed by atoms with E-state index in [1.165, 1.54) is 0 Å². The van der Waals surface area contributed by atoms with Gasteiger partial charge in [0.05, 0.1) is 12.1 Å². The summed E-state index contributed by atoms with van der Waals surface area (Å²) in [7, 11) is 0. The molecular weight excluding hydrogens is 270 g/mol. The molecule has 2 rings (SSSR count). The van der Waals surface area contributed by atoms with Gasteiger partial charge >= 0.3 is 0 Å². The summed E-state index contributed by atoms with van der Waals surface area (Å²) in [5.41, 5.74) is 0.459. The quantitative estimate of drug-likeness (QED) is 0.905. The summed E-state index contributed by atoms with van der Waals surface area (Å²) >= 11 is 3.34. The first kappa shape index (κ1) is 11.6. The molecule has 0 aliphatic carbocycles. The van der Waals surface area contributed by atoms with Gasteiger partial charge < -0.3 is 10.1 Å². The molecule has 0 radical (unpaired) electrons. The predicted octanol–water partition coefficient (Wildman–Crippen LogP) is 2.36. The first-order valence-electron chi connectivity index (χ1n) is 5.25. The lowest BCUT2D eigenvalue weighted by molar-refractivity contribution is 0.0890. The molecular formula is C12H14BrNO2.